The molecule has 0 fully saturated rings. The van der Waals surface area contributed by atoms with Crippen molar-refractivity contribution >= 4 is 42.5 Å². The van der Waals surface area contributed by atoms with Crippen LogP contribution in [0.15, 0.2) is 71.3 Å². The molecule has 32 heavy (non-hydrogen) atoms. The van der Waals surface area contributed by atoms with Crippen LogP contribution in [0.2, 0.25) is 0 Å². The number of thiophene rings is 1. The first-order chi connectivity index (χ1) is 15.5. The van der Waals surface area contributed by atoms with Gasteiger partial charge in [0.05, 0.1) is 20.7 Å². The fourth-order valence-electron chi connectivity index (χ4n) is 4.66. The molecule has 0 amide bonds. The molecule has 0 aliphatic carbocycles. The minimum Gasteiger partial charge on any atom is -0.456 e. The second-order valence-corrected chi connectivity index (χ2v) is 9.39. The Morgan fingerprint density at radius 3 is 2.34 bits per heavy atom. The van der Waals surface area contributed by atoms with Crippen LogP contribution in [0.3, 0.4) is 0 Å². The molecule has 3 aromatic heterocycles. The summed E-state index contributed by atoms with van der Waals surface area (Å²) in [6, 6.07) is 20.1. The van der Waals surface area contributed by atoms with E-state index in [1.807, 2.05) is 55.6 Å². The first kappa shape index (κ1) is 19.2. The molecule has 0 radical (unpaired) electrons. The van der Waals surface area contributed by atoms with E-state index >= 15 is 4.39 Å². The van der Waals surface area contributed by atoms with Gasteiger partial charge in [0.25, 0.3) is 0 Å². The van der Waals surface area contributed by atoms with Crippen LogP contribution in [0.5, 0.6) is 0 Å². The average molecular weight is 438 g/mol. The average Bonchev–Trinajstić information content (AvgIpc) is 3.32. The lowest BCUT2D eigenvalue weighted by Crippen LogP contribution is -1.86. The van der Waals surface area contributed by atoms with Crippen LogP contribution in [0.25, 0.3) is 53.7 Å². The lowest BCUT2D eigenvalue weighted by molar-refractivity contribution is 0.606. The number of aromatic nitrogens is 1. The standard InChI is InChI=1S/C28H20FNOS/c1-15-12-16(2)14-18(13-15)25-28-21(10-11-30-25)20-8-9-22(24(29)27(20)32-28)26-17(3)19-6-4-5-7-23(19)31-26/h4-14H,1-3H3. The number of halogens is 1. The van der Waals surface area contributed by atoms with Crippen molar-refractivity contribution in [2.24, 2.45) is 0 Å². The molecular weight excluding hydrogens is 417 g/mol. The van der Waals surface area contributed by atoms with Crippen molar-refractivity contribution in [3.8, 4) is 22.6 Å². The van der Waals surface area contributed by atoms with Crippen molar-refractivity contribution in [3.63, 3.8) is 0 Å². The molecule has 0 atom stereocenters. The SMILES string of the molecule is Cc1cc(C)cc(-c2nccc3c2sc2c(F)c(-c4oc5ccccc5c4C)ccc23)c1. The maximum atomic E-state index is 15.9. The van der Waals surface area contributed by atoms with Gasteiger partial charge in [-0.05, 0) is 51.1 Å². The molecule has 6 rings (SSSR count). The maximum absolute atomic E-state index is 15.9. The number of pyridine rings is 1. The number of furan rings is 1. The van der Waals surface area contributed by atoms with Crippen LogP contribution >= 0.6 is 11.3 Å². The largest absolute Gasteiger partial charge is 0.456 e. The zero-order valence-electron chi connectivity index (χ0n) is 18.0. The highest BCUT2D eigenvalue weighted by atomic mass is 32.1. The molecule has 3 heterocycles. The molecule has 0 bridgehead atoms. The maximum Gasteiger partial charge on any atom is 0.151 e. The van der Waals surface area contributed by atoms with Gasteiger partial charge in [-0.2, -0.15) is 0 Å². The highest BCUT2D eigenvalue weighted by Gasteiger charge is 2.21. The summed E-state index contributed by atoms with van der Waals surface area (Å²) < 4.78 is 23.6. The summed E-state index contributed by atoms with van der Waals surface area (Å²) in [5.74, 6) is 0.355. The number of fused-ring (bicyclic) bond motifs is 4. The molecule has 0 aliphatic heterocycles. The van der Waals surface area contributed by atoms with Gasteiger partial charge in [-0.25, -0.2) is 4.39 Å². The van der Waals surface area contributed by atoms with Crippen LogP contribution in [0.4, 0.5) is 4.39 Å². The molecule has 3 aromatic carbocycles. The van der Waals surface area contributed by atoms with Gasteiger partial charge >= 0.3 is 0 Å². The Morgan fingerprint density at radius 1 is 0.812 bits per heavy atom. The number of nitrogens with zero attached hydrogens (tertiary/aromatic N) is 1. The minimum absolute atomic E-state index is 0.239. The van der Waals surface area contributed by atoms with Crippen LogP contribution in [-0.4, -0.2) is 4.98 Å². The first-order valence-corrected chi connectivity index (χ1v) is 11.4. The molecule has 4 heteroatoms. The third kappa shape index (κ3) is 2.80. The number of rotatable bonds is 2. The lowest BCUT2D eigenvalue weighted by Gasteiger charge is -2.05. The lowest BCUT2D eigenvalue weighted by atomic mass is 10.0. The highest BCUT2D eigenvalue weighted by Crippen LogP contribution is 2.43. The van der Waals surface area contributed by atoms with E-state index in [4.69, 9.17) is 4.42 Å². The molecule has 0 spiro atoms. The van der Waals surface area contributed by atoms with E-state index in [1.54, 1.807) is 0 Å². The Balaban J connectivity index is 1.62. The molecule has 0 N–H and O–H groups in total. The van der Waals surface area contributed by atoms with Crippen molar-refractivity contribution in [2.75, 3.05) is 0 Å². The molecule has 0 saturated carbocycles. The fraction of sp³-hybridized carbons (Fsp3) is 0.107. The van der Waals surface area contributed by atoms with E-state index in [-0.39, 0.29) is 5.82 Å². The molecular formula is C28H20FNOS. The van der Waals surface area contributed by atoms with Crippen molar-refractivity contribution in [3.05, 3.63) is 89.4 Å². The van der Waals surface area contributed by atoms with Crippen molar-refractivity contribution < 1.29 is 8.81 Å². The number of para-hydroxylation sites is 1. The summed E-state index contributed by atoms with van der Waals surface area (Å²) in [6.07, 6.45) is 1.82. The van der Waals surface area contributed by atoms with Gasteiger partial charge in [-0.1, -0.05) is 41.5 Å². The van der Waals surface area contributed by atoms with Crippen LogP contribution in [0.1, 0.15) is 16.7 Å². The van der Waals surface area contributed by atoms with Crippen molar-refractivity contribution in [1.82, 2.24) is 4.98 Å². The Morgan fingerprint density at radius 2 is 1.56 bits per heavy atom. The summed E-state index contributed by atoms with van der Waals surface area (Å²) in [5, 5.41) is 2.95. The second-order valence-electron chi connectivity index (χ2n) is 8.37. The molecule has 2 nitrogen and oxygen atoms in total. The molecule has 0 aliphatic rings. The van der Waals surface area contributed by atoms with Gasteiger partial charge < -0.3 is 4.42 Å². The third-order valence-electron chi connectivity index (χ3n) is 6.08. The Labute approximate surface area is 189 Å². The summed E-state index contributed by atoms with van der Waals surface area (Å²) in [5.41, 5.74) is 6.57. The van der Waals surface area contributed by atoms with Gasteiger partial charge in [-0.3, -0.25) is 4.98 Å². The third-order valence-corrected chi connectivity index (χ3v) is 7.30. The smallest absolute Gasteiger partial charge is 0.151 e. The summed E-state index contributed by atoms with van der Waals surface area (Å²) >= 11 is 1.46. The quantitative estimate of drug-likeness (QED) is 0.271. The monoisotopic (exact) mass is 437 g/mol. The number of aryl methyl sites for hydroxylation is 3. The summed E-state index contributed by atoms with van der Waals surface area (Å²) in [4.78, 5) is 4.68. The molecule has 0 unspecified atom stereocenters. The van der Waals surface area contributed by atoms with Crippen molar-refractivity contribution in [1.29, 1.82) is 0 Å². The highest BCUT2D eigenvalue weighted by molar-refractivity contribution is 7.26. The van der Waals surface area contributed by atoms with Gasteiger partial charge in [0.2, 0.25) is 0 Å². The van der Waals surface area contributed by atoms with Crippen LogP contribution in [-0.2, 0) is 0 Å². The Bertz CT molecular complexity index is 1650. The summed E-state index contributed by atoms with van der Waals surface area (Å²) in [6.45, 7) is 6.16. The van der Waals surface area contributed by atoms with Crippen LogP contribution < -0.4 is 0 Å². The molecule has 6 aromatic rings. The summed E-state index contributed by atoms with van der Waals surface area (Å²) in [7, 11) is 0. The van der Waals surface area contributed by atoms with E-state index in [1.165, 1.54) is 22.5 Å². The van der Waals surface area contributed by atoms with E-state index in [0.29, 0.717) is 16.0 Å². The topological polar surface area (TPSA) is 26.0 Å². The van der Waals surface area contributed by atoms with Crippen LogP contribution in [0, 0.1) is 26.6 Å². The number of hydrogen-bond acceptors (Lipinski definition) is 3. The molecule has 0 saturated heterocycles. The number of hydrogen-bond donors (Lipinski definition) is 0. The van der Waals surface area contributed by atoms with Gasteiger partial charge in [0, 0.05) is 33.5 Å². The van der Waals surface area contributed by atoms with E-state index < -0.39 is 0 Å². The minimum atomic E-state index is -0.239. The normalized spacial score (nSPS) is 11.8. The van der Waals surface area contributed by atoms with E-state index in [9.17, 15) is 0 Å². The predicted octanol–water partition coefficient (Wildman–Crippen LogP) is 8.59. The second kappa shape index (κ2) is 7.01. The van der Waals surface area contributed by atoms with Crippen molar-refractivity contribution in [2.45, 2.75) is 20.8 Å². The fourth-order valence-corrected chi connectivity index (χ4v) is 5.90. The van der Waals surface area contributed by atoms with Gasteiger partial charge in [-0.15, -0.1) is 11.3 Å². The van der Waals surface area contributed by atoms with E-state index in [2.05, 4.69) is 37.0 Å². The van der Waals surface area contributed by atoms with Gasteiger partial charge in [0.15, 0.2) is 5.82 Å². The first-order valence-electron chi connectivity index (χ1n) is 10.6. The van der Waals surface area contributed by atoms with Gasteiger partial charge in [0.1, 0.15) is 11.3 Å². The zero-order chi connectivity index (χ0) is 22.0. The molecule has 156 valence electrons. The zero-order valence-corrected chi connectivity index (χ0v) is 18.8. The Hall–Kier alpha value is -3.50. The van der Waals surface area contributed by atoms with E-state index in [0.717, 1.165) is 43.3 Å². The Kier molecular flexibility index (Phi) is 4.21. The predicted molar refractivity (Wildman–Crippen MR) is 132 cm³/mol. The number of benzene rings is 3.